The van der Waals surface area contributed by atoms with Gasteiger partial charge in [-0.2, -0.15) is 0 Å². The Kier molecular flexibility index (Phi) is 7.10. The molecule has 1 aromatic carbocycles. The SMILES string of the molecule is Cc1ccc(/C=C/C(=O)OCC(=O)NCCc2ccc(Cl)cc2Cl)o1. The first kappa shape index (κ1) is 19.1. The van der Waals surface area contributed by atoms with E-state index in [1.165, 1.54) is 12.2 Å². The number of hydrogen-bond donors (Lipinski definition) is 1. The van der Waals surface area contributed by atoms with Crippen molar-refractivity contribution in [2.24, 2.45) is 0 Å². The summed E-state index contributed by atoms with van der Waals surface area (Å²) < 4.78 is 10.1. The molecule has 2 aromatic rings. The third kappa shape index (κ3) is 6.64. The van der Waals surface area contributed by atoms with E-state index < -0.39 is 5.97 Å². The van der Waals surface area contributed by atoms with Gasteiger partial charge in [-0.15, -0.1) is 0 Å². The van der Waals surface area contributed by atoms with E-state index in [2.05, 4.69) is 5.32 Å². The van der Waals surface area contributed by atoms with Crippen molar-refractivity contribution in [1.82, 2.24) is 5.32 Å². The highest BCUT2D eigenvalue weighted by atomic mass is 35.5. The first-order valence-electron chi connectivity index (χ1n) is 7.56. The van der Waals surface area contributed by atoms with Gasteiger partial charge in [0, 0.05) is 22.7 Å². The Morgan fingerprint density at radius 1 is 1.24 bits per heavy atom. The number of hydrogen-bond acceptors (Lipinski definition) is 4. The zero-order valence-electron chi connectivity index (χ0n) is 13.6. The van der Waals surface area contributed by atoms with Crippen LogP contribution in [0.25, 0.3) is 6.08 Å². The van der Waals surface area contributed by atoms with Gasteiger partial charge in [-0.1, -0.05) is 29.3 Å². The average molecular weight is 382 g/mol. The number of benzene rings is 1. The van der Waals surface area contributed by atoms with Gasteiger partial charge in [-0.3, -0.25) is 4.79 Å². The van der Waals surface area contributed by atoms with Crippen LogP contribution in [0.4, 0.5) is 0 Å². The number of halogens is 2. The molecule has 132 valence electrons. The fourth-order valence-electron chi connectivity index (χ4n) is 1.99. The van der Waals surface area contributed by atoms with Gasteiger partial charge < -0.3 is 14.5 Å². The summed E-state index contributed by atoms with van der Waals surface area (Å²) in [7, 11) is 0. The summed E-state index contributed by atoms with van der Waals surface area (Å²) >= 11 is 11.9. The predicted molar refractivity (Wildman–Crippen MR) is 96.6 cm³/mol. The summed E-state index contributed by atoms with van der Waals surface area (Å²) in [6.45, 7) is 1.82. The smallest absolute Gasteiger partial charge is 0.331 e. The molecule has 1 N–H and O–H groups in total. The lowest BCUT2D eigenvalue weighted by Gasteiger charge is -2.07. The number of amides is 1. The highest BCUT2D eigenvalue weighted by molar-refractivity contribution is 6.35. The molecule has 1 amide bonds. The van der Waals surface area contributed by atoms with Crippen molar-refractivity contribution in [3.05, 3.63) is 63.5 Å². The van der Waals surface area contributed by atoms with Crippen molar-refractivity contribution in [3.8, 4) is 0 Å². The molecule has 0 spiro atoms. The zero-order valence-corrected chi connectivity index (χ0v) is 15.1. The van der Waals surface area contributed by atoms with Crippen LogP contribution in [-0.4, -0.2) is 25.0 Å². The van der Waals surface area contributed by atoms with Crippen LogP contribution in [0.3, 0.4) is 0 Å². The fourth-order valence-corrected chi connectivity index (χ4v) is 2.49. The minimum absolute atomic E-state index is 0.352. The van der Waals surface area contributed by atoms with E-state index in [4.69, 9.17) is 32.4 Å². The Morgan fingerprint density at radius 2 is 2.04 bits per heavy atom. The first-order chi connectivity index (χ1) is 11.9. The molecule has 2 rings (SSSR count). The van der Waals surface area contributed by atoms with Crippen LogP contribution in [-0.2, 0) is 20.7 Å². The molecule has 0 radical (unpaired) electrons. The molecule has 25 heavy (non-hydrogen) atoms. The van der Waals surface area contributed by atoms with Crippen molar-refractivity contribution in [2.45, 2.75) is 13.3 Å². The van der Waals surface area contributed by atoms with Crippen LogP contribution in [0, 0.1) is 6.92 Å². The van der Waals surface area contributed by atoms with Crippen molar-refractivity contribution < 1.29 is 18.7 Å². The molecule has 0 saturated heterocycles. The quantitative estimate of drug-likeness (QED) is 0.584. The van der Waals surface area contributed by atoms with Crippen LogP contribution in [0.15, 0.2) is 40.8 Å². The molecule has 0 saturated carbocycles. The van der Waals surface area contributed by atoms with Crippen LogP contribution in [0.1, 0.15) is 17.1 Å². The Labute approximate surface area is 155 Å². The molecule has 0 atom stereocenters. The third-order valence-corrected chi connectivity index (χ3v) is 3.81. The monoisotopic (exact) mass is 381 g/mol. The van der Waals surface area contributed by atoms with Gasteiger partial charge in [0.15, 0.2) is 6.61 Å². The topological polar surface area (TPSA) is 68.5 Å². The molecule has 1 heterocycles. The van der Waals surface area contributed by atoms with Gasteiger partial charge in [-0.05, 0) is 49.2 Å². The van der Waals surface area contributed by atoms with Gasteiger partial charge in [0.2, 0.25) is 0 Å². The van der Waals surface area contributed by atoms with Crippen LogP contribution in [0.2, 0.25) is 10.0 Å². The van der Waals surface area contributed by atoms with Crippen molar-refractivity contribution in [2.75, 3.05) is 13.2 Å². The van der Waals surface area contributed by atoms with E-state index in [-0.39, 0.29) is 12.5 Å². The molecule has 7 heteroatoms. The number of ether oxygens (including phenoxy) is 1. The Morgan fingerprint density at radius 3 is 2.72 bits per heavy atom. The van der Waals surface area contributed by atoms with Gasteiger partial charge in [0.25, 0.3) is 5.91 Å². The molecule has 1 aromatic heterocycles. The molecule has 0 aliphatic carbocycles. The lowest BCUT2D eigenvalue weighted by Crippen LogP contribution is -2.30. The summed E-state index contributed by atoms with van der Waals surface area (Å²) in [5, 5.41) is 3.76. The second-order valence-electron chi connectivity index (χ2n) is 5.23. The summed E-state index contributed by atoms with van der Waals surface area (Å²) in [5.41, 5.74) is 0.875. The average Bonchev–Trinajstić information content (AvgIpc) is 2.98. The number of aryl methyl sites for hydroxylation is 1. The van der Waals surface area contributed by atoms with E-state index in [0.29, 0.717) is 28.8 Å². The minimum Gasteiger partial charge on any atom is -0.462 e. The Balaban J connectivity index is 1.68. The summed E-state index contributed by atoms with van der Waals surface area (Å²) in [5.74, 6) is 0.276. The summed E-state index contributed by atoms with van der Waals surface area (Å²) in [6.07, 6.45) is 3.24. The zero-order chi connectivity index (χ0) is 18.2. The Bertz CT molecular complexity index is 783. The van der Waals surface area contributed by atoms with Crippen molar-refractivity contribution in [1.29, 1.82) is 0 Å². The lowest BCUT2D eigenvalue weighted by molar-refractivity contribution is -0.143. The standard InChI is InChI=1S/C18H17Cl2NO4/c1-12-2-5-15(25-12)6-7-18(23)24-11-17(22)21-9-8-13-3-4-14(19)10-16(13)20/h2-7,10H,8-9,11H2,1H3,(H,21,22)/b7-6+. The largest absolute Gasteiger partial charge is 0.462 e. The number of carbonyl (C=O) groups is 2. The maximum atomic E-state index is 11.7. The Hall–Kier alpha value is -2.24. The number of rotatable bonds is 7. The third-order valence-electron chi connectivity index (χ3n) is 3.22. The number of furan rings is 1. The second-order valence-corrected chi connectivity index (χ2v) is 6.07. The molecule has 0 unspecified atom stereocenters. The first-order valence-corrected chi connectivity index (χ1v) is 8.31. The van der Waals surface area contributed by atoms with Crippen LogP contribution < -0.4 is 5.32 Å². The van der Waals surface area contributed by atoms with E-state index in [9.17, 15) is 9.59 Å². The molecular weight excluding hydrogens is 365 g/mol. The fraction of sp³-hybridized carbons (Fsp3) is 0.222. The number of carbonyl (C=O) groups excluding carboxylic acids is 2. The molecule has 0 aliphatic rings. The normalized spacial score (nSPS) is 10.8. The summed E-state index contributed by atoms with van der Waals surface area (Å²) in [6, 6.07) is 8.70. The maximum Gasteiger partial charge on any atom is 0.331 e. The van der Waals surface area contributed by atoms with Gasteiger partial charge in [0.1, 0.15) is 11.5 Å². The van der Waals surface area contributed by atoms with Crippen molar-refractivity contribution in [3.63, 3.8) is 0 Å². The minimum atomic E-state index is -0.620. The second kappa shape index (κ2) is 9.30. The van der Waals surface area contributed by atoms with Gasteiger partial charge in [0.05, 0.1) is 0 Å². The predicted octanol–water partition coefficient (Wildman–Crippen LogP) is 3.81. The van der Waals surface area contributed by atoms with E-state index in [0.717, 1.165) is 11.3 Å². The highest BCUT2D eigenvalue weighted by Gasteiger charge is 2.06. The number of nitrogens with one attached hydrogen (secondary N) is 1. The van der Waals surface area contributed by atoms with Gasteiger partial charge in [-0.25, -0.2) is 4.79 Å². The molecule has 0 bridgehead atoms. The summed E-state index contributed by atoms with van der Waals surface area (Å²) in [4.78, 5) is 23.2. The molecule has 0 fully saturated rings. The highest BCUT2D eigenvalue weighted by Crippen LogP contribution is 2.21. The molecule has 5 nitrogen and oxygen atoms in total. The van der Waals surface area contributed by atoms with E-state index in [1.807, 2.05) is 0 Å². The van der Waals surface area contributed by atoms with Crippen LogP contribution >= 0.6 is 23.2 Å². The molecule has 0 aliphatic heterocycles. The maximum absolute atomic E-state index is 11.7. The lowest BCUT2D eigenvalue weighted by atomic mass is 10.1. The van der Waals surface area contributed by atoms with Crippen molar-refractivity contribution >= 4 is 41.2 Å². The van der Waals surface area contributed by atoms with Crippen LogP contribution in [0.5, 0.6) is 0 Å². The van der Waals surface area contributed by atoms with E-state index >= 15 is 0 Å². The number of esters is 1. The molecular formula is C18H17Cl2NO4. The van der Waals surface area contributed by atoms with Gasteiger partial charge >= 0.3 is 5.97 Å². The van der Waals surface area contributed by atoms with E-state index in [1.54, 1.807) is 37.3 Å².